The summed E-state index contributed by atoms with van der Waals surface area (Å²) < 4.78 is 26.4. The van der Waals surface area contributed by atoms with E-state index in [2.05, 4.69) is 15.0 Å². The number of anilines is 1. The van der Waals surface area contributed by atoms with Gasteiger partial charge in [-0.1, -0.05) is 60.1 Å². The smallest absolute Gasteiger partial charge is 0.338 e. The molecule has 0 unspecified atom stereocenters. The molecule has 0 spiro atoms. The minimum Gasteiger partial charge on any atom is -0.459 e. The van der Waals surface area contributed by atoms with Crippen LogP contribution in [0.3, 0.4) is 0 Å². The van der Waals surface area contributed by atoms with Crippen LogP contribution in [0.1, 0.15) is 22.1 Å². The molecule has 4 heterocycles. The van der Waals surface area contributed by atoms with Crippen LogP contribution < -0.4 is 5.73 Å². The molecule has 6 rings (SSSR count). The van der Waals surface area contributed by atoms with E-state index in [0.29, 0.717) is 23.3 Å². The van der Waals surface area contributed by atoms with Crippen molar-refractivity contribution < 1.29 is 23.7 Å². The average molecular weight is 508 g/mol. The number of benzene rings is 2. The summed E-state index contributed by atoms with van der Waals surface area (Å²) in [5.74, 6) is -0.440. The molecule has 2 fully saturated rings. The minimum atomic E-state index is -1.03. The van der Waals surface area contributed by atoms with Crippen molar-refractivity contribution in [1.82, 2.24) is 19.5 Å². The molecule has 2 aromatic heterocycles. The van der Waals surface area contributed by atoms with Crippen molar-refractivity contribution in [2.45, 2.75) is 30.6 Å². The van der Waals surface area contributed by atoms with Crippen molar-refractivity contribution in [1.29, 1.82) is 0 Å². The number of carbonyl (C=O) groups excluding carboxylic acids is 1. The van der Waals surface area contributed by atoms with E-state index >= 15 is 0 Å². The zero-order valence-electron chi connectivity index (χ0n) is 19.0. The summed E-state index contributed by atoms with van der Waals surface area (Å²) in [6, 6.07) is 18.6. The number of imidazole rings is 1. The lowest BCUT2D eigenvalue weighted by Gasteiger charge is -2.31. The molecule has 10 nitrogen and oxygen atoms in total. The molecule has 36 heavy (non-hydrogen) atoms. The fourth-order valence-corrected chi connectivity index (χ4v) is 4.88. The van der Waals surface area contributed by atoms with Crippen LogP contribution in [0.4, 0.5) is 5.95 Å². The first-order valence-electron chi connectivity index (χ1n) is 11.4. The summed E-state index contributed by atoms with van der Waals surface area (Å²) in [4.78, 5) is 25.3. The quantitative estimate of drug-likeness (QED) is 0.296. The number of carbonyl (C=O) groups is 1. The number of nitrogens with zero attached hydrogens (tertiary/aromatic N) is 4. The summed E-state index contributed by atoms with van der Waals surface area (Å²) in [7, 11) is 0. The van der Waals surface area contributed by atoms with E-state index in [9.17, 15) is 4.79 Å². The Balaban J connectivity index is 1.30. The van der Waals surface area contributed by atoms with E-state index in [1.54, 1.807) is 35.2 Å². The van der Waals surface area contributed by atoms with Crippen molar-refractivity contribution in [2.24, 2.45) is 0 Å². The minimum absolute atomic E-state index is 0.0155. The van der Waals surface area contributed by atoms with Gasteiger partial charge < -0.3 is 24.7 Å². The molecular weight excluding hydrogens is 486 g/mol. The fraction of sp³-hybridized carbons (Fsp3) is 0.280. The van der Waals surface area contributed by atoms with E-state index in [1.807, 2.05) is 36.4 Å². The lowest BCUT2D eigenvalue weighted by atomic mass is 10.00. The summed E-state index contributed by atoms with van der Waals surface area (Å²) in [5.41, 5.74) is 7.04. The molecule has 0 aliphatic carbocycles. The number of halogens is 1. The van der Waals surface area contributed by atoms with Gasteiger partial charge in [-0.3, -0.25) is 4.57 Å². The Hall–Kier alpha value is -3.57. The third-order valence-electron chi connectivity index (χ3n) is 6.37. The highest BCUT2D eigenvalue weighted by atomic mass is 35.5. The summed E-state index contributed by atoms with van der Waals surface area (Å²) >= 11 is 6.22. The maximum atomic E-state index is 12.7. The molecular formula is C25H22ClN5O5. The van der Waals surface area contributed by atoms with Gasteiger partial charge >= 0.3 is 5.97 Å². The van der Waals surface area contributed by atoms with Gasteiger partial charge in [0.25, 0.3) is 0 Å². The number of aromatic nitrogens is 4. The standard InChI is InChI=1S/C25H22ClN5O5/c26-20-17-21(30-24(27)29-20)31(14-28-17)22-18-19(33-11-15-7-3-1-4-8-15)25(36-22,12-34-18)13-35-23(32)16-9-5-2-6-10-16/h1-10,14,18-19,22H,11-13H2,(H2,27,29,30)/t18-,19+,22-,25+/m1/s1. The third kappa shape index (κ3) is 3.97. The number of hydrogen-bond donors (Lipinski definition) is 1. The number of ether oxygens (including phenoxy) is 4. The molecule has 0 radical (unpaired) electrons. The molecule has 2 aliphatic rings. The van der Waals surface area contributed by atoms with Crippen molar-refractivity contribution in [3.8, 4) is 0 Å². The number of hydrogen-bond acceptors (Lipinski definition) is 9. The Labute approximate surface area is 210 Å². The Morgan fingerprint density at radius 3 is 2.67 bits per heavy atom. The normalized spacial score (nSPS) is 24.9. The number of esters is 1. The maximum absolute atomic E-state index is 12.7. The zero-order chi connectivity index (χ0) is 24.7. The van der Waals surface area contributed by atoms with Crippen molar-refractivity contribution >= 4 is 34.7 Å². The van der Waals surface area contributed by atoms with Crippen LogP contribution in [0, 0.1) is 0 Å². The Morgan fingerprint density at radius 2 is 1.89 bits per heavy atom. The highest BCUT2D eigenvalue weighted by Crippen LogP contribution is 2.48. The first-order valence-corrected chi connectivity index (χ1v) is 11.7. The SMILES string of the molecule is Nc1nc(Cl)c2ncn([C@@H]3O[C@]4(COC(=O)c5ccccc5)CO[C@@H]3[C@@H]4OCc3ccccc3)c2n1. The second-order valence-electron chi connectivity index (χ2n) is 8.70. The molecule has 11 heteroatoms. The van der Waals surface area contributed by atoms with Gasteiger partial charge in [0.2, 0.25) is 5.95 Å². The largest absolute Gasteiger partial charge is 0.459 e. The highest BCUT2D eigenvalue weighted by Gasteiger charge is 2.64. The Kier molecular flexibility index (Phi) is 5.81. The van der Waals surface area contributed by atoms with Crippen LogP contribution in [0.15, 0.2) is 67.0 Å². The Morgan fingerprint density at radius 1 is 1.14 bits per heavy atom. The van der Waals surface area contributed by atoms with Gasteiger partial charge in [-0.25, -0.2) is 9.78 Å². The molecule has 2 bridgehead atoms. The second kappa shape index (κ2) is 9.14. The van der Waals surface area contributed by atoms with E-state index in [4.69, 9.17) is 36.3 Å². The molecule has 4 atom stereocenters. The van der Waals surface area contributed by atoms with Crippen molar-refractivity contribution in [3.05, 3.63) is 83.3 Å². The number of fused-ring (bicyclic) bond motifs is 3. The van der Waals surface area contributed by atoms with Crippen molar-refractivity contribution in [2.75, 3.05) is 18.9 Å². The molecule has 2 aliphatic heterocycles. The van der Waals surface area contributed by atoms with Crippen LogP contribution in [0.5, 0.6) is 0 Å². The van der Waals surface area contributed by atoms with E-state index in [1.165, 1.54) is 0 Å². The molecule has 2 N–H and O–H groups in total. The summed E-state index contributed by atoms with van der Waals surface area (Å²) in [6.07, 6.45) is -0.155. The van der Waals surface area contributed by atoms with Gasteiger partial charge in [-0.05, 0) is 17.7 Å². The highest BCUT2D eigenvalue weighted by molar-refractivity contribution is 6.33. The lowest BCUT2D eigenvalue weighted by Crippen LogP contribution is -2.46. The topological polar surface area (TPSA) is 124 Å². The van der Waals surface area contributed by atoms with Gasteiger partial charge in [0, 0.05) is 0 Å². The predicted octanol–water partition coefficient (Wildman–Crippen LogP) is 3.17. The second-order valence-corrected chi connectivity index (χ2v) is 9.06. The molecule has 0 saturated carbocycles. The van der Waals surface area contributed by atoms with Gasteiger partial charge in [0.15, 0.2) is 22.6 Å². The van der Waals surface area contributed by atoms with Crippen LogP contribution in [0.2, 0.25) is 5.15 Å². The van der Waals surface area contributed by atoms with Crippen LogP contribution in [0.25, 0.3) is 11.2 Å². The molecule has 4 aromatic rings. The summed E-state index contributed by atoms with van der Waals surface area (Å²) in [6.45, 7) is 0.472. The molecule has 184 valence electrons. The molecule has 0 amide bonds. The molecule has 2 saturated heterocycles. The van der Waals surface area contributed by atoms with Crippen LogP contribution >= 0.6 is 11.6 Å². The van der Waals surface area contributed by atoms with E-state index in [0.717, 1.165) is 5.56 Å². The first kappa shape index (κ1) is 22.9. The monoisotopic (exact) mass is 507 g/mol. The average Bonchev–Trinajstić information content (AvgIpc) is 3.57. The van der Waals surface area contributed by atoms with E-state index < -0.39 is 30.0 Å². The number of nitrogens with two attached hydrogens (primary N) is 1. The van der Waals surface area contributed by atoms with Crippen LogP contribution in [-0.2, 0) is 25.6 Å². The fourth-order valence-electron chi connectivity index (χ4n) is 4.66. The molecule has 2 aromatic carbocycles. The van der Waals surface area contributed by atoms with Gasteiger partial charge in [0.05, 0.1) is 25.1 Å². The number of nitrogen functional groups attached to an aromatic ring is 1. The van der Waals surface area contributed by atoms with Crippen LogP contribution in [-0.4, -0.2) is 56.5 Å². The lowest BCUT2D eigenvalue weighted by molar-refractivity contribution is -0.187. The van der Waals surface area contributed by atoms with Gasteiger partial charge in [0.1, 0.15) is 24.3 Å². The Bertz CT molecular complexity index is 1400. The third-order valence-corrected chi connectivity index (χ3v) is 6.64. The first-order chi connectivity index (χ1) is 17.5. The maximum Gasteiger partial charge on any atom is 0.338 e. The van der Waals surface area contributed by atoms with Gasteiger partial charge in [-0.15, -0.1) is 0 Å². The predicted molar refractivity (Wildman–Crippen MR) is 129 cm³/mol. The number of rotatable bonds is 7. The van der Waals surface area contributed by atoms with E-state index in [-0.39, 0.29) is 24.3 Å². The van der Waals surface area contributed by atoms with Crippen molar-refractivity contribution in [3.63, 3.8) is 0 Å². The summed E-state index contributed by atoms with van der Waals surface area (Å²) in [5, 5.41) is 0.142. The zero-order valence-corrected chi connectivity index (χ0v) is 19.7. The van der Waals surface area contributed by atoms with Gasteiger partial charge in [-0.2, -0.15) is 9.97 Å².